The molecule has 0 saturated carbocycles. The molecule has 0 heterocycles. The zero-order valence-corrected chi connectivity index (χ0v) is 15.3. The third-order valence-electron chi connectivity index (χ3n) is 3.78. The summed E-state index contributed by atoms with van der Waals surface area (Å²) in [6, 6.07) is 12.8. The van der Waals surface area contributed by atoms with Crippen molar-refractivity contribution in [2.75, 3.05) is 25.1 Å². The lowest BCUT2D eigenvalue weighted by Gasteiger charge is -2.11. The van der Waals surface area contributed by atoms with Crippen LogP contribution in [0.5, 0.6) is 11.5 Å². The van der Waals surface area contributed by atoms with Gasteiger partial charge < -0.3 is 20.1 Å². The highest BCUT2D eigenvalue weighted by molar-refractivity contribution is 6.39. The molecule has 0 spiro atoms. The summed E-state index contributed by atoms with van der Waals surface area (Å²) in [5.41, 5.74) is 2.79. The lowest BCUT2D eigenvalue weighted by atomic mass is 10.1. The molecule has 0 aromatic heterocycles. The smallest absolute Gasteiger partial charge is 0.313 e. The average Bonchev–Trinajstić information content (AvgIpc) is 2.63. The molecular weight excluding hydrogens is 332 g/mol. The zero-order valence-electron chi connectivity index (χ0n) is 15.3. The maximum atomic E-state index is 12.0. The van der Waals surface area contributed by atoms with E-state index in [1.807, 2.05) is 39.0 Å². The molecule has 2 rings (SSSR count). The van der Waals surface area contributed by atoms with Crippen molar-refractivity contribution in [3.63, 3.8) is 0 Å². The molecule has 0 radical (unpaired) electrons. The molecule has 0 aliphatic carbocycles. The first-order valence-electron chi connectivity index (χ1n) is 8.52. The van der Waals surface area contributed by atoms with Crippen molar-refractivity contribution in [1.82, 2.24) is 5.32 Å². The standard InChI is InChI=1S/C20H24N2O4/c1-4-25-18-8-6-5-7-17(18)22-20(24)19(23)21-11-12-26-16-10-9-14(2)15(3)13-16/h5-10,13H,4,11-12H2,1-3H3,(H,21,23)(H,22,24). The topological polar surface area (TPSA) is 76.7 Å². The molecule has 0 unspecified atom stereocenters. The normalized spacial score (nSPS) is 10.1. The van der Waals surface area contributed by atoms with E-state index in [9.17, 15) is 9.59 Å². The van der Waals surface area contributed by atoms with Gasteiger partial charge in [-0.3, -0.25) is 9.59 Å². The summed E-state index contributed by atoms with van der Waals surface area (Å²) < 4.78 is 11.0. The van der Waals surface area contributed by atoms with Crippen LogP contribution in [0.4, 0.5) is 5.69 Å². The molecule has 6 nitrogen and oxygen atoms in total. The maximum Gasteiger partial charge on any atom is 0.313 e. The first kappa shape index (κ1) is 19.3. The molecule has 2 amide bonds. The lowest BCUT2D eigenvalue weighted by Crippen LogP contribution is -2.37. The number of hydrogen-bond donors (Lipinski definition) is 2. The largest absolute Gasteiger partial charge is 0.492 e. The third-order valence-corrected chi connectivity index (χ3v) is 3.78. The Labute approximate surface area is 153 Å². The minimum atomic E-state index is -0.747. The summed E-state index contributed by atoms with van der Waals surface area (Å²) in [7, 11) is 0. The van der Waals surface area contributed by atoms with Gasteiger partial charge in [0, 0.05) is 0 Å². The number of nitrogens with one attached hydrogen (secondary N) is 2. The van der Waals surface area contributed by atoms with Crippen LogP contribution in [0.15, 0.2) is 42.5 Å². The molecule has 2 N–H and O–H groups in total. The van der Waals surface area contributed by atoms with Crippen LogP contribution in [0, 0.1) is 13.8 Å². The number of rotatable bonds is 7. The lowest BCUT2D eigenvalue weighted by molar-refractivity contribution is -0.136. The van der Waals surface area contributed by atoms with E-state index in [1.54, 1.807) is 24.3 Å². The summed E-state index contributed by atoms with van der Waals surface area (Å²) in [5, 5.41) is 5.08. The number of anilines is 1. The minimum absolute atomic E-state index is 0.228. The van der Waals surface area contributed by atoms with Crippen LogP contribution in [0.3, 0.4) is 0 Å². The van der Waals surface area contributed by atoms with Gasteiger partial charge in [-0.1, -0.05) is 18.2 Å². The van der Waals surface area contributed by atoms with Crippen LogP contribution in [0.2, 0.25) is 0 Å². The molecule has 0 aliphatic rings. The predicted octanol–water partition coefficient (Wildman–Crippen LogP) is 2.84. The van der Waals surface area contributed by atoms with Crippen LogP contribution in [-0.2, 0) is 9.59 Å². The number of carbonyl (C=O) groups excluding carboxylic acids is 2. The SMILES string of the molecule is CCOc1ccccc1NC(=O)C(=O)NCCOc1ccc(C)c(C)c1. The molecule has 26 heavy (non-hydrogen) atoms. The highest BCUT2D eigenvalue weighted by Gasteiger charge is 2.15. The van der Waals surface area contributed by atoms with Crippen molar-refractivity contribution >= 4 is 17.5 Å². The Morgan fingerprint density at radius 3 is 2.46 bits per heavy atom. The van der Waals surface area contributed by atoms with Crippen molar-refractivity contribution < 1.29 is 19.1 Å². The van der Waals surface area contributed by atoms with E-state index in [2.05, 4.69) is 10.6 Å². The van der Waals surface area contributed by atoms with Gasteiger partial charge in [0.15, 0.2) is 0 Å². The summed E-state index contributed by atoms with van der Waals surface area (Å²) in [6.45, 7) is 6.86. The van der Waals surface area contributed by atoms with Gasteiger partial charge in [0.05, 0.1) is 18.8 Å². The van der Waals surface area contributed by atoms with Crippen LogP contribution < -0.4 is 20.1 Å². The average molecular weight is 356 g/mol. The summed E-state index contributed by atoms with van der Waals surface area (Å²) in [6.07, 6.45) is 0. The molecule has 2 aromatic carbocycles. The van der Waals surface area contributed by atoms with E-state index in [-0.39, 0.29) is 13.2 Å². The minimum Gasteiger partial charge on any atom is -0.492 e. The van der Waals surface area contributed by atoms with E-state index in [1.165, 1.54) is 5.56 Å². The molecule has 0 fully saturated rings. The van der Waals surface area contributed by atoms with E-state index in [0.29, 0.717) is 18.0 Å². The van der Waals surface area contributed by atoms with Gasteiger partial charge in [0.25, 0.3) is 0 Å². The van der Waals surface area contributed by atoms with Gasteiger partial charge >= 0.3 is 11.8 Å². The van der Waals surface area contributed by atoms with E-state index in [4.69, 9.17) is 9.47 Å². The molecule has 2 aromatic rings. The maximum absolute atomic E-state index is 12.0. The molecular formula is C20H24N2O4. The molecule has 0 saturated heterocycles. The Kier molecular flexibility index (Phi) is 7.02. The van der Waals surface area contributed by atoms with Gasteiger partial charge in [-0.2, -0.15) is 0 Å². The first-order chi connectivity index (χ1) is 12.5. The molecule has 0 atom stereocenters. The molecule has 0 bridgehead atoms. The van der Waals surface area contributed by atoms with Crippen LogP contribution in [0.25, 0.3) is 0 Å². The van der Waals surface area contributed by atoms with Gasteiger partial charge in [-0.05, 0) is 56.2 Å². The van der Waals surface area contributed by atoms with Crippen LogP contribution >= 0.6 is 0 Å². The fourth-order valence-corrected chi connectivity index (χ4v) is 2.25. The van der Waals surface area contributed by atoms with E-state index >= 15 is 0 Å². The Morgan fingerprint density at radius 2 is 1.73 bits per heavy atom. The molecule has 6 heteroatoms. The van der Waals surface area contributed by atoms with E-state index in [0.717, 1.165) is 11.3 Å². The number of hydrogen-bond acceptors (Lipinski definition) is 4. The van der Waals surface area contributed by atoms with Gasteiger partial charge in [-0.25, -0.2) is 0 Å². The highest BCUT2D eigenvalue weighted by Crippen LogP contribution is 2.23. The van der Waals surface area contributed by atoms with E-state index < -0.39 is 11.8 Å². The number of amides is 2. The quantitative estimate of drug-likeness (QED) is 0.591. The number of benzene rings is 2. The second kappa shape index (κ2) is 9.46. The monoisotopic (exact) mass is 356 g/mol. The fraction of sp³-hybridized carbons (Fsp3) is 0.300. The number of aryl methyl sites for hydroxylation is 2. The van der Waals surface area contributed by atoms with Crippen molar-refractivity contribution in [2.24, 2.45) is 0 Å². The van der Waals surface area contributed by atoms with Crippen LogP contribution in [-0.4, -0.2) is 31.6 Å². The third kappa shape index (κ3) is 5.51. The number of para-hydroxylation sites is 2. The van der Waals surface area contributed by atoms with Crippen molar-refractivity contribution in [2.45, 2.75) is 20.8 Å². The highest BCUT2D eigenvalue weighted by atomic mass is 16.5. The number of carbonyl (C=O) groups is 2. The Morgan fingerprint density at radius 1 is 0.962 bits per heavy atom. The van der Waals surface area contributed by atoms with Crippen molar-refractivity contribution in [3.8, 4) is 11.5 Å². The van der Waals surface area contributed by atoms with Crippen LogP contribution in [0.1, 0.15) is 18.1 Å². The van der Waals surface area contributed by atoms with Crippen molar-refractivity contribution in [1.29, 1.82) is 0 Å². The first-order valence-corrected chi connectivity index (χ1v) is 8.52. The number of ether oxygens (including phenoxy) is 2. The van der Waals surface area contributed by atoms with Gasteiger partial charge in [0.1, 0.15) is 18.1 Å². The Bertz CT molecular complexity index is 774. The Hall–Kier alpha value is -3.02. The fourth-order valence-electron chi connectivity index (χ4n) is 2.25. The van der Waals surface area contributed by atoms with Gasteiger partial charge in [0.2, 0.25) is 0 Å². The van der Waals surface area contributed by atoms with Gasteiger partial charge in [-0.15, -0.1) is 0 Å². The molecule has 138 valence electrons. The second-order valence-corrected chi connectivity index (χ2v) is 5.73. The summed E-state index contributed by atoms with van der Waals surface area (Å²) in [4.78, 5) is 23.9. The second-order valence-electron chi connectivity index (χ2n) is 5.73. The summed E-state index contributed by atoms with van der Waals surface area (Å²) >= 11 is 0. The zero-order chi connectivity index (χ0) is 18.9. The van der Waals surface area contributed by atoms with Crippen molar-refractivity contribution in [3.05, 3.63) is 53.6 Å². The predicted molar refractivity (Wildman–Crippen MR) is 101 cm³/mol. The Balaban J connectivity index is 1.78. The summed E-state index contributed by atoms with van der Waals surface area (Å²) in [5.74, 6) is -0.213. The molecule has 0 aliphatic heterocycles.